The lowest BCUT2D eigenvalue weighted by molar-refractivity contribution is -0.110. The molecule has 5 aromatic rings. The zero-order chi connectivity index (χ0) is 42.1. The summed E-state index contributed by atoms with van der Waals surface area (Å²) < 4.78 is 16.7. The number of nitrogens with one attached hydrogen (secondary N) is 2. The van der Waals surface area contributed by atoms with Crippen LogP contribution in [0.1, 0.15) is 57.7 Å². The highest BCUT2D eigenvalue weighted by atomic mass is 16.5. The molecule has 304 valence electrons. The minimum atomic E-state index is -0.701. The minimum Gasteiger partial charge on any atom is -0.494 e. The second-order valence-corrected chi connectivity index (χ2v) is 12.8. The number of methoxy groups -OCH3 is 1. The van der Waals surface area contributed by atoms with Gasteiger partial charge in [-0.3, -0.25) is 39.5 Å². The van der Waals surface area contributed by atoms with Gasteiger partial charge in [0.05, 0.1) is 23.8 Å². The normalized spacial score (nSPS) is 12.2. The fourth-order valence-corrected chi connectivity index (χ4v) is 6.09. The van der Waals surface area contributed by atoms with E-state index in [0.717, 1.165) is 0 Å². The maximum Gasteiger partial charge on any atom is 0.276 e. The molecule has 0 radical (unpaired) electrons. The Morgan fingerprint density at radius 2 is 1.41 bits per heavy atom. The molecule has 0 bridgehead atoms. The number of hydrogen-bond donors (Lipinski definition) is 6. The summed E-state index contributed by atoms with van der Waals surface area (Å²) in [6.45, 7) is 8.57. The smallest absolute Gasteiger partial charge is 0.276 e. The molecule has 0 aliphatic carbocycles. The average Bonchev–Trinajstić information content (AvgIpc) is 3.85. The first-order valence-corrected chi connectivity index (χ1v) is 18.3. The molecule has 19 nitrogen and oxygen atoms in total. The number of aliphatic imine (C=N–C) groups is 1. The highest BCUT2D eigenvalue weighted by Gasteiger charge is 2.23. The molecule has 5 rings (SSSR count). The van der Waals surface area contributed by atoms with Crippen molar-refractivity contribution in [2.24, 2.45) is 27.9 Å². The summed E-state index contributed by atoms with van der Waals surface area (Å²) in [5.74, 6) is -1.54. The third-order valence-electron chi connectivity index (χ3n) is 8.59. The average molecular weight is 794 g/mol. The molecular formula is C39H47N13O6. The van der Waals surface area contributed by atoms with Crippen molar-refractivity contribution in [3.63, 3.8) is 0 Å². The van der Waals surface area contributed by atoms with Gasteiger partial charge in [0, 0.05) is 49.5 Å². The van der Waals surface area contributed by atoms with Crippen LogP contribution in [0.3, 0.4) is 0 Å². The summed E-state index contributed by atoms with van der Waals surface area (Å²) in [5, 5.41) is 10.1. The van der Waals surface area contributed by atoms with E-state index in [1.807, 2.05) is 13.0 Å². The molecule has 3 heterocycles. The summed E-state index contributed by atoms with van der Waals surface area (Å²) in [5.41, 5.74) is 26.2. The van der Waals surface area contributed by atoms with Crippen molar-refractivity contribution in [2.45, 2.75) is 47.3 Å². The molecule has 0 unspecified atom stereocenters. The fraction of sp³-hybridized carbons (Fsp3) is 0.282. The number of carbonyl (C=O) groups excluding carboxylic acids is 4. The number of fused-ring (bicyclic) bond motifs is 2. The number of hydrogen-bond acceptors (Lipinski definition) is 12. The lowest BCUT2D eigenvalue weighted by Crippen LogP contribution is -2.24. The molecule has 0 atom stereocenters. The van der Waals surface area contributed by atoms with Gasteiger partial charge in [-0.1, -0.05) is 24.3 Å². The summed E-state index contributed by atoms with van der Waals surface area (Å²) >= 11 is 0. The second-order valence-electron chi connectivity index (χ2n) is 12.8. The Bertz CT molecular complexity index is 2500. The Hall–Kier alpha value is -7.28. The lowest BCUT2D eigenvalue weighted by atomic mass is 10.1. The lowest BCUT2D eigenvalue weighted by Gasteiger charge is -2.13. The number of rotatable bonds is 18. The van der Waals surface area contributed by atoms with Gasteiger partial charge in [-0.05, 0) is 64.1 Å². The summed E-state index contributed by atoms with van der Waals surface area (Å²) in [6.07, 6.45) is 8.52. The van der Waals surface area contributed by atoms with Gasteiger partial charge in [0.2, 0.25) is 23.7 Å². The Morgan fingerprint density at radius 3 is 1.95 bits per heavy atom. The number of benzene rings is 2. The van der Waals surface area contributed by atoms with Crippen molar-refractivity contribution >= 4 is 63.3 Å². The molecule has 0 saturated heterocycles. The zero-order valence-electron chi connectivity index (χ0n) is 32.9. The van der Waals surface area contributed by atoms with Gasteiger partial charge in [-0.25, -0.2) is 9.97 Å². The van der Waals surface area contributed by atoms with Crippen molar-refractivity contribution in [2.75, 3.05) is 37.4 Å². The van der Waals surface area contributed by atoms with Crippen LogP contribution in [0.5, 0.6) is 11.5 Å². The van der Waals surface area contributed by atoms with E-state index in [1.165, 1.54) is 37.5 Å². The van der Waals surface area contributed by atoms with E-state index in [4.69, 9.17) is 32.4 Å². The molecule has 3 aromatic heterocycles. The molecule has 19 heteroatoms. The van der Waals surface area contributed by atoms with Crippen molar-refractivity contribution in [3.8, 4) is 11.5 Å². The van der Waals surface area contributed by atoms with E-state index in [-0.39, 0.29) is 54.2 Å². The van der Waals surface area contributed by atoms with E-state index in [9.17, 15) is 19.2 Å². The molecule has 58 heavy (non-hydrogen) atoms. The zero-order valence-corrected chi connectivity index (χ0v) is 32.9. The van der Waals surface area contributed by atoms with E-state index in [2.05, 4.69) is 30.7 Å². The first-order valence-electron chi connectivity index (χ1n) is 18.3. The number of nitrogens with zero attached hydrogens (tertiary/aromatic N) is 7. The monoisotopic (exact) mass is 793 g/mol. The van der Waals surface area contributed by atoms with Crippen molar-refractivity contribution in [1.82, 2.24) is 28.9 Å². The van der Waals surface area contributed by atoms with Crippen molar-refractivity contribution in [3.05, 3.63) is 88.9 Å². The number of allylic oxidation sites excluding steroid dienone is 3. The molecule has 0 spiro atoms. The van der Waals surface area contributed by atoms with E-state index >= 15 is 0 Å². The van der Waals surface area contributed by atoms with Gasteiger partial charge >= 0.3 is 0 Å². The molecule has 0 aliphatic rings. The predicted molar refractivity (Wildman–Crippen MR) is 221 cm³/mol. The van der Waals surface area contributed by atoms with Crippen molar-refractivity contribution in [1.29, 1.82) is 0 Å². The first-order chi connectivity index (χ1) is 27.8. The van der Waals surface area contributed by atoms with Crippen molar-refractivity contribution < 1.29 is 28.7 Å². The van der Waals surface area contributed by atoms with E-state index in [0.29, 0.717) is 64.5 Å². The largest absolute Gasteiger partial charge is 0.494 e. The van der Waals surface area contributed by atoms with E-state index in [1.54, 1.807) is 58.9 Å². The van der Waals surface area contributed by atoms with Gasteiger partial charge in [-0.15, -0.1) is 0 Å². The van der Waals surface area contributed by atoms with Crippen LogP contribution in [0.25, 0.3) is 22.1 Å². The van der Waals surface area contributed by atoms with Crippen LogP contribution in [0.4, 0.5) is 11.9 Å². The molecule has 0 saturated carbocycles. The molecule has 0 fully saturated rings. The van der Waals surface area contributed by atoms with Crippen LogP contribution >= 0.6 is 0 Å². The Balaban J connectivity index is 1.60. The minimum absolute atomic E-state index is 0.0880. The first kappa shape index (κ1) is 41.9. The summed E-state index contributed by atoms with van der Waals surface area (Å²) in [4.78, 5) is 65.3. The number of carbonyl (C=O) groups is 4. The highest BCUT2D eigenvalue weighted by molar-refractivity contribution is 6.47. The van der Waals surface area contributed by atoms with Crippen LogP contribution in [-0.4, -0.2) is 85.0 Å². The standard InChI is InChI=1S/C39H47N13O6/c1-6-44-28(16-22(3)41)36(55)47-38-46-27-19-25(35(43)54)21-31(58-15-11-8-12-40)33(27)51(38)14-10-9-13-50-32-26(18-24(34(42)53)20-30(32)57-5)45-39(50)48-37(56)29-17-23(4)49-52(29)7-2/h8-11,16-21H,6-7,12-15,40-41H2,1-5H3,(H2,42,53)(H2,43,54)(H,45,48,56)(H,46,47,55)/b10-9+,11-8+,22-16-,44-28?. The molecule has 0 aliphatic heterocycles. The third kappa shape index (κ3) is 9.39. The SMILES string of the molecule is CCN=C(/C=C(/C)N)C(=O)Nc1nc2cc(C(N)=O)cc(OC/C=C/CN)c2n1C/C=C/Cn1c(NC(=O)c2cc(C)nn2CC)nc2cc(C(N)=O)cc(OC)c21. The molecule has 2 aromatic carbocycles. The molecular weight excluding hydrogens is 747 g/mol. The number of ether oxygens (including phenoxy) is 2. The molecule has 10 N–H and O–H groups in total. The van der Waals surface area contributed by atoms with Crippen LogP contribution in [0.15, 0.2) is 71.4 Å². The van der Waals surface area contributed by atoms with Crippen LogP contribution < -0.4 is 43.0 Å². The fourth-order valence-electron chi connectivity index (χ4n) is 6.09. The number of imidazole rings is 2. The van der Waals surface area contributed by atoms with Gasteiger partial charge in [0.1, 0.15) is 40.5 Å². The Kier molecular flexibility index (Phi) is 13.4. The van der Waals surface area contributed by atoms with Crippen LogP contribution in [0.2, 0.25) is 0 Å². The second kappa shape index (κ2) is 18.6. The number of amides is 4. The Labute approximate surface area is 333 Å². The predicted octanol–water partition coefficient (Wildman–Crippen LogP) is 2.78. The summed E-state index contributed by atoms with van der Waals surface area (Å²) in [7, 11) is 1.45. The number of primary amides is 2. The maximum atomic E-state index is 13.6. The van der Waals surface area contributed by atoms with Gasteiger partial charge in [-0.2, -0.15) is 5.10 Å². The number of aryl methyl sites for hydroxylation is 2. The number of nitrogens with two attached hydrogens (primary N) is 4. The van der Waals surface area contributed by atoms with Gasteiger partial charge < -0.3 is 41.5 Å². The van der Waals surface area contributed by atoms with Crippen LogP contribution in [0, 0.1) is 6.92 Å². The highest BCUT2D eigenvalue weighted by Crippen LogP contribution is 2.33. The van der Waals surface area contributed by atoms with Gasteiger partial charge in [0.25, 0.3) is 11.8 Å². The number of aromatic nitrogens is 6. The maximum absolute atomic E-state index is 13.6. The van der Waals surface area contributed by atoms with Crippen LogP contribution in [-0.2, 0) is 24.4 Å². The van der Waals surface area contributed by atoms with Gasteiger partial charge in [0.15, 0.2) is 0 Å². The summed E-state index contributed by atoms with van der Waals surface area (Å²) in [6, 6.07) is 7.70. The quantitative estimate of drug-likeness (QED) is 0.0554. The third-order valence-corrected chi connectivity index (χ3v) is 8.59. The van der Waals surface area contributed by atoms with E-state index < -0.39 is 23.6 Å². The number of anilines is 2. The molecule has 4 amide bonds. The Morgan fingerprint density at radius 1 is 0.828 bits per heavy atom. The topological polar surface area (TPSA) is 281 Å².